The Bertz CT molecular complexity index is 198. The molecule has 0 saturated heterocycles. The minimum Gasteiger partial charge on any atom is -0.144 e. The average molecular weight is 136 g/mol. The first kappa shape index (κ1) is 6.30. The van der Waals surface area contributed by atoms with Gasteiger partial charge in [0.15, 0.2) is 0 Å². The van der Waals surface area contributed by atoms with Crippen molar-refractivity contribution in [2.45, 2.75) is 0 Å². The maximum Gasteiger partial charge on any atom is 0.0270 e. The van der Waals surface area contributed by atoms with E-state index in [9.17, 15) is 0 Å². The van der Waals surface area contributed by atoms with E-state index in [-0.39, 0.29) is 0 Å². The van der Waals surface area contributed by atoms with Gasteiger partial charge < -0.3 is 0 Å². The zero-order chi connectivity index (χ0) is 6.69. The predicted molar refractivity (Wildman–Crippen MR) is 44.5 cm³/mol. The molecule has 1 aromatic rings. The molecule has 0 saturated carbocycles. The second-order valence-corrected chi connectivity index (χ2v) is 2.63. The Kier molecular flexibility index (Phi) is 1.85. The van der Waals surface area contributed by atoms with Crippen LogP contribution in [0.5, 0.6) is 0 Å². The summed E-state index contributed by atoms with van der Waals surface area (Å²) in [7, 11) is 0. The Balaban J connectivity index is 2.98. The summed E-state index contributed by atoms with van der Waals surface area (Å²) in [5.41, 5.74) is 1.18. The van der Waals surface area contributed by atoms with Crippen molar-refractivity contribution in [3.8, 4) is 0 Å². The summed E-state index contributed by atoms with van der Waals surface area (Å²) in [6.45, 7) is 7.31. The van der Waals surface area contributed by atoms with Crippen LogP contribution < -0.4 is 0 Å². The molecule has 1 aromatic heterocycles. The Morgan fingerprint density at radius 3 is 2.44 bits per heavy atom. The zero-order valence-corrected chi connectivity index (χ0v) is 5.95. The van der Waals surface area contributed by atoms with E-state index >= 15 is 0 Å². The van der Waals surface area contributed by atoms with Gasteiger partial charge in [-0.1, -0.05) is 25.3 Å². The molecule has 0 aliphatic heterocycles. The molecule has 0 spiro atoms. The van der Waals surface area contributed by atoms with E-state index in [2.05, 4.69) is 24.6 Å². The van der Waals surface area contributed by atoms with E-state index in [1.54, 1.807) is 11.3 Å². The minimum absolute atomic E-state index is 1.18. The smallest absolute Gasteiger partial charge is 0.0270 e. The summed E-state index contributed by atoms with van der Waals surface area (Å²) in [5, 5.41) is 2.06. The number of thiophene rings is 1. The first-order valence-corrected chi connectivity index (χ1v) is 3.58. The second-order valence-electron chi connectivity index (χ2n) is 1.69. The van der Waals surface area contributed by atoms with Crippen LogP contribution in [0.25, 0.3) is 12.2 Å². The fraction of sp³-hybridized carbons (Fsp3) is 0. The molecule has 0 N–H and O–H groups in total. The Morgan fingerprint density at radius 2 is 2.11 bits per heavy atom. The van der Waals surface area contributed by atoms with Crippen LogP contribution in [0.2, 0.25) is 0 Å². The van der Waals surface area contributed by atoms with Crippen molar-refractivity contribution in [1.82, 2.24) is 0 Å². The van der Waals surface area contributed by atoms with Gasteiger partial charge in [-0.05, 0) is 17.0 Å². The third-order valence-electron chi connectivity index (χ3n) is 1.08. The molecule has 0 amide bonds. The molecule has 0 fully saturated rings. The number of hydrogen-bond donors (Lipinski definition) is 0. The fourth-order valence-corrected chi connectivity index (χ4v) is 1.32. The molecule has 0 aliphatic carbocycles. The molecule has 0 aliphatic rings. The van der Waals surface area contributed by atoms with Gasteiger partial charge in [-0.25, -0.2) is 0 Å². The van der Waals surface area contributed by atoms with E-state index in [1.165, 1.54) is 10.4 Å². The molecule has 1 heterocycles. The van der Waals surface area contributed by atoms with E-state index in [0.717, 1.165) is 0 Å². The third kappa shape index (κ3) is 1.30. The van der Waals surface area contributed by atoms with Crippen molar-refractivity contribution in [2.24, 2.45) is 0 Å². The van der Waals surface area contributed by atoms with Gasteiger partial charge in [-0.3, -0.25) is 0 Å². The summed E-state index contributed by atoms with van der Waals surface area (Å²) >= 11 is 1.68. The molecular formula is C8H8S. The van der Waals surface area contributed by atoms with Gasteiger partial charge in [0.05, 0.1) is 0 Å². The van der Waals surface area contributed by atoms with Crippen molar-refractivity contribution < 1.29 is 0 Å². The summed E-state index contributed by atoms with van der Waals surface area (Å²) < 4.78 is 0. The van der Waals surface area contributed by atoms with Crippen LogP contribution in [0.1, 0.15) is 10.4 Å². The molecule has 0 bridgehead atoms. The Hall–Kier alpha value is -0.820. The predicted octanol–water partition coefficient (Wildman–Crippen LogP) is 3.03. The van der Waals surface area contributed by atoms with Crippen LogP contribution in [0, 0.1) is 0 Å². The number of rotatable bonds is 2. The normalized spacial score (nSPS) is 8.89. The molecule has 1 heteroatoms. The van der Waals surface area contributed by atoms with E-state index in [4.69, 9.17) is 0 Å². The molecule has 0 unspecified atom stereocenters. The highest BCUT2D eigenvalue weighted by Gasteiger charge is 1.89. The molecule has 0 nitrogen and oxygen atoms in total. The van der Waals surface area contributed by atoms with Crippen molar-refractivity contribution in [3.05, 3.63) is 35.0 Å². The van der Waals surface area contributed by atoms with Gasteiger partial charge in [0.1, 0.15) is 0 Å². The Morgan fingerprint density at radius 1 is 1.33 bits per heavy atom. The molecule has 0 atom stereocenters. The molecule has 0 radical (unpaired) electrons. The second kappa shape index (κ2) is 2.65. The summed E-state index contributed by atoms with van der Waals surface area (Å²) in [6.07, 6.45) is 3.68. The van der Waals surface area contributed by atoms with Crippen molar-refractivity contribution >= 4 is 23.5 Å². The van der Waals surface area contributed by atoms with E-state index in [0.29, 0.717) is 0 Å². The fourth-order valence-electron chi connectivity index (χ4n) is 0.582. The lowest BCUT2D eigenvalue weighted by molar-refractivity contribution is 1.87. The van der Waals surface area contributed by atoms with E-state index in [1.807, 2.05) is 12.2 Å². The standard InChI is InChI=1S/C8H8S/c1-3-7-5-8(4-2)9-6-7/h3-6H,1-2H2. The largest absolute Gasteiger partial charge is 0.144 e. The van der Waals surface area contributed by atoms with Crippen LogP contribution in [0.3, 0.4) is 0 Å². The van der Waals surface area contributed by atoms with Crippen LogP contribution in [-0.4, -0.2) is 0 Å². The topological polar surface area (TPSA) is 0 Å². The molecule has 1 rings (SSSR count). The van der Waals surface area contributed by atoms with Gasteiger partial charge >= 0.3 is 0 Å². The van der Waals surface area contributed by atoms with Gasteiger partial charge in [-0.2, -0.15) is 0 Å². The van der Waals surface area contributed by atoms with Gasteiger partial charge in [0, 0.05) is 4.88 Å². The highest BCUT2D eigenvalue weighted by Crippen LogP contribution is 2.15. The quantitative estimate of drug-likeness (QED) is 0.586. The molecule has 9 heavy (non-hydrogen) atoms. The first-order valence-electron chi connectivity index (χ1n) is 2.70. The van der Waals surface area contributed by atoms with Crippen molar-refractivity contribution in [2.75, 3.05) is 0 Å². The average Bonchev–Trinajstić information content (AvgIpc) is 2.34. The van der Waals surface area contributed by atoms with Gasteiger partial charge in [0.25, 0.3) is 0 Å². The Labute approximate surface area is 59.2 Å². The molecular weight excluding hydrogens is 128 g/mol. The maximum atomic E-state index is 3.65. The SMILES string of the molecule is C=Cc1csc(C=C)c1. The van der Waals surface area contributed by atoms with Crippen LogP contribution >= 0.6 is 11.3 Å². The number of hydrogen-bond acceptors (Lipinski definition) is 1. The summed E-state index contributed by atoms with van der Waals surface area (Å²) in [4.78, 5) is 1.20. The van der Waals surface area contributed by atoms with Crippen molar-refractivity contribution in [1.29, 1.82) is 0 Å². The maximum absolute atomic E-state index is 3.65. The van der Waals surface area contributed by atoms with Crippen molar-refractivity contribution in [3.63, 3.8) is 0 Å². The van der Waals surface area contributed by atoms with E-state index < -0.39 is 0 Å². The van der Waals surface area contributed by atoms with Crippen LogP contribution in [0.15, 0.2) is 24.6 Å². The molecule has 0 aromatic carbocycles. The van der Waals surface area contributed by atoms with Gasteiger partial charge in [-0.15, -0.1) is 11.3 Å². The summed E-state index contributed by atoms with van der Waals surface area (Å²) in [5.74, 6) is 0. The molecule has 46 valence electrons. The highest BCUT2D eigenvalue weighted by molar-refractivity contribution is 7.11. The summed E-state index contributed by atoms with van der Waals surface area (Å²) in [6, 6.07) is 2.06. The minimum atomic E-state index is 1.18. The highest BCUT2D eigenvalue weighted by atomic mass is 32.1. The lowest BCUT2D eigenvalue weighted by Crippen LogP contribution is -1.55. The third-order valence-corrected chi connectivity index (χ3v) is 2.02. The van der Waals surface area contributed by atoms with Crippen LogP contribution in [-0.2, 0) is 0 Å². The monoisotopic (exact) mass is 136 g/mol. The zero-order valence-electron chi connectivity index (χ0n) is 5.13. The lowest BCUT2D eigenvalue weighted by Gasteiger charge is -1.75. The van der Waals surface area contributed by atoms with Gasteiger partial charge in [0.2, 0.25) is 0 Å². The van der Waals surface area contributed by atoms with Crippen LogP contribution in [0.4, 0.5) is 0 Å². The first-order chi connectivity index (χ1) is 4.36. The lowest BCUT2D eigenvalue weighted by atomic mass is 10.3.